The Balaban J connectivity index is 4.21. The van der Waals surface area contributed by atoms with Crippen LogP contribution in [0.4, 0.5) is 0 Å². The highest BCUT2D eigenvalue weighted by atomic mass is 31.2. The molecule has 0 rings (SSSR count). The van der Waals surface area contributed by atoms with E-state index in [-0.39, 0.29) is 38.6 Å². The maximum atomic E-state index is 12.5. The minimum atomic E-state index is -4.36. The van der Waals surface area contributed by atoms with Crippen LogP contribution in [-0.4, -0.2) is 49.3 Å². The first-order chi connectivity index (χ1) is 22.8. The molecule has 0 aromatic heterocycles. The smallest absolute Gasteiger partial charge is 0.462 e. The third-order valence-electron chi connectivity index (χ3n) is 8.15. The largest absolute Gasteiger partial charge is 0.472 e. The lowest BCUT2D eigenvalue weighted by Gasteiger charge is -2.19. The van der Waals surface area contributed by atoms with Crippen molar-refractivity contribution >= 4 is 19.8 Å². The summed E-state index contributed by atoms with van der Waals surface area (Å²) in [7, 11) is -4.36. The van der Waals surface area contributed by atoms with Gasteiger partial charge in [0.1, 0.15) is 6.61 Å². The molecule has 10 heteroatoms. The Morgan fingerprint density at radius 2 is 1.04 bits per heavy atom. The van der Waals surface area contributed by atoms with E-state index < -0.39 is 26.5 Å². The number of carbonyl (C=O) groups is 2. The van der Waals surface area contributed by atoms with Crippen molar-refractivity contribution in [1.82, 2.24) is 0 Å². The molecule has 47 heavy (non-hydrogen) atoms. The lowest BCUT2D eigenvalue weighted by molar-refractivity contribution is -0.161. The second-order valence-electron chi connectivity index (χ2n) is 12.8. The molecular formula is C37H72NO8P. The Morgan fingerprint density at radius 3 is 1.53 bits per heavy atom. The Bertz CT molecular complexity index is 794. The summed E-state index contributed by atoms with van der Waals surface area (Å²) in [5, 5.41) is 0. The first-order valence-electron chi connectivity index (χ1n) is 19.2. The summed E-state index contributed by atoms with van der Waals surface area (Å²) in [5.41, 5.74) is 5.33. The highest BCUT2D eigenvalue weighted by Crippen LogP contribution is 2.43. The lowest BCUT2D eigenvalue weighted by Crippen LogP contribution is -2.29. The second-order valence-corrected chi connectivity index (χ2v) is 14.3. The molecule has 0 aromatic rings. The normalized spacial score (nSPS) is 13.5. The van der Waals surface area contributed by atoms with Crippen LogP contribution in [0.2, 0.25) is 0 Å². The average Bonchev–Trinajstić information content (AvgIpc) is 3.05. The first-order valence-corrected chi connectivity index (χ1v) is 20.7. The number of ether oxygens (including phenoxy) is 2. The van der Waals surface area contributed by atoms with Gasteiger partial charge in [0.15, 0.2) is 6.10 Å². The van der Waals surface area contributed by atoms with Gasteiger partial charge in [0.05, 0.1) is 13.2 Å². The summed E-state index contributed by atoms with van der Waals surface area (Å²) in [5.74, 6) is -0.830. The van der Waals surface area contributed by atoms with E-state index in [4.69, 9.17) is 24.3 Å². The van der Waals surface area contributed by atoms with Gasteiger partial charge in [-0.25, -0.2) is 4.57 Å². The summed E-state index contributed by atoms with van der Waals surface area (Å²) >= 11 is 0. The number of hydrogen-bond donors (Lipinski definition) is 2. The molecule has 0 saturated carbocycles. The molecule has 0 bridgehead atoms. The molecule has 0 radical (unpaired) electrons. The molecule has 3 N–H and O–H groups in total. The standard InChI is InChI=1S/C37H72NO8P/c1-3-5-7-9-11-13-15-16-17-18-20-22-24-26-28-30-37(40)46-35(34-45-47(41,42)44-32-31-38)33-43-36(39)29-27-25-23-21-19-14-12-10-8-6-4-2/h13,15,35H,3-12,14,16-34,38H2,1-2H3,(H,41,42)/b15-13+/t35-/m1/s1. The third kappa shape index (κ3) is 34.4. The minimum absolute atomic E-state index is 0.0551. The average molecular weight is 690 g/mol. The van der Waals surface area contributed by atoms with E-state index in [0.717, 1.165) is 44.9 Å². The van der Waals surface area contributed by atoms with Gasteiger partial charge < -0.3 is 20.1 Å². The van der Waals surface area contributed by atoms with E-state index in [1.54, 1.807) is 0 Å². The van der Waals surface area contributed by atoms with E-state index in [0.29, 0.717) is 6.42 Å². The van der Waals surface area contributed by atoms with Gasteiger partial charge in [-0.2, -0.15) is 0 Å². The molecule has 0 aliphatic rings. The number of hydrogen-bond acceptors (Lipinski definition) is 8. The molecule has 0 aliphatic carbocycles. The molecule has 0 heterocycles. The quantitative estimate of drug-likeness (QED) is 0.0285. The van der Waals surface area contributed by atoms with Gasteiger partial charge >= 0.3 is 19.8 Å². The number of esters is 2. The van der Waals surface area contributed by atoms with Crippen molar-refractivity contribution in [3.05, 3.63) is 12.2 Å². The minimum Gasteiger partial charge on any atom is -0.462 e. The lowest BCUT2D eigenvalue weighted by atomic mass is 10.1. The van der Waals surface area contributed by atoms with Gasteiger partial charge in [0.25, 0.3) is 0 Å². The topological polar surface area (TPSA) is 134 Å². The SMILES string of the molecule is CCCCCC/C=C/CCCCCCCCCC(=O)O[C@H](COC(=O)CCCCCCCCCCCCC)COP(=O)(O)OCCN. The van der Waals surface area contributed by atoms with Crippen molar-refractivity contribution in [2.24, 2.45) is 5.73 Å². The Labute approximate surface area is 288 Å². The zero-order valence-corrected chi connectivity index (χ0v) is 31.2. The zero-order chi connectivity index (χ0) is 34.7. The van der Waals surface area contributed by atoms with Gasteiger partial charge in [-0.15, -0.1) is 0 Å². The fourth-order valence-corrected chi connectivity index (χ4v) is 6.04. The van der Waals surface area contributed by atoms with Gasteiger partial charge in [-0.05, 0) is 38.5 Å². The second kappa shape index (κ2) is 34.6. The van der Waals surface area contributed by atoms with E-state index >= 15 is 0 Å². The highest BCUT2D eigenvalue weighted by Gasteiger charge is 2.25. The number of rotatable bonds is 36. The molecule has 2 atom stereocenters. The van der Waals surface area contributed by atoms with Crippen molar-refractivity contribution < 1.29 is 37.6 Å². The van der Waals surface area contributed by atoms with Crippen molar-refractivity contribution in [2.75, 3.05) is 26.4 Å². The van der Waals surface area contributed by atoms with Crippen LogP contribution in [0.25, 0.3) is 0 Å². The molecule has 0 amide bonds. The van der Waals surface area contributed by atoms with Crippen molar-refractivity contribution in [3.8, 4) is 0 Å². The number of phosphoric ester groups is 1. The molecule has 0 aliphatic heterocycles. The Morgan fingerprint density at radius 1 is 0.617 bits per heavy atom. The highest BCUT2D eigenvalue weighted by molar-refractivity contribution is 7.47. The number of unbranched alkanes of at least 4 members (excludes halogenated alkanes) is 21. The summed E-state index contributed by atoms with van der Waals surface area (Å²) in [6.45, 7) is 3.71. The van der Waals surface area contributed by atoms with Gasteiger partial charge in [0, 0.05) is 19.4 Å². The van der Waals surface area contributed by atoms with Crippen LogP contribution in [0.15, 0.2) is 12.2 Å². The van der Waals surface area contributed by atoms with E-state index in [1.165, 1.54) is 103 Å². The van der Waals surface area contributed by atoms with Crippen LogP contribution >= 0.6 is 7.82 Å². The summed E-state index contributed by atoms with van der Waals surface area (Å²) in [6.07, 6.45) is 32.4. The predicted octanol–water partition coefficient (Wildman–Crippen LogP) is 10.3. The van der Waals surface area contributed by atoms with Gasteiger partial charge in [-0.1, -0.05) is 142 Å². The third-order valence-corrected chi connectivity index (χ3v) is 9.14. The van der Waals surface area contributed by atoms with Crippen LogP contribution in [0.1, 0.15) is 181 Å². The Kier molecular flexibility index (Phi) is 33.7. The van der Waals surface area contributed by atoms with Gasteiger partial charge in [-0.3, -0.25) is 18.6 Å². The summed E-state index contributed by atoms with van der Waals surface area (Å²) < 4.78 is 32.6. The van der Waals surface area contributed by atoms with Crippen LogP contribution < -0.4 is 5.73 Å². The summed E-state index contributed by atoms with van der Waals surface area (Å²) in [4.78, 5) is 34.7. The number of phosphoric acid groups is 1. The number of nitrogens with two attached hydrogens (primary N) is 1. The van der Waals surface area contributed by atoms with Crippen LogP contribution in [-0.2, 0) is 32.7 Å². The summed E-state index contributed by atoms with van der Waals surface area (Å²) in [6, 6.07) is 0. The number of carbonyl (C=O) groups excluding carboxylic acids is 2. The molecule has 9 nitrogen and oxygen atoms in total. The molecule has 278 valence electrons. The maximum Gasteiger partial charge on any atom is 0.472 e. The monoisotopic (exact) mass is 689 g/mol. The van der Waals surface area contributed by atoms with Gasteiger partial charge in [0.2, 0.25) is 0 Å². The fraction of sp³-hybridized carbons (Fsp3) is 0.892. The molecular weight excluding hydrogens is 617 g/mol. The van der Waals surface area contributed by atoms with Crippen molar-refractivity contribution in [2.45, 2.75) is 187 Å². The predicted molar refractivity (Wildman–Crippen MR) is 192 cm³/mol. The van der Waals surface area contributed by atoms with E-state index in [2.05, 4.69) is 26.0 Å². The molecule has 0 saturated heterocycles. The van der Waals surface area contributed by atoms with E-state index in [1.807, 2.05) is 0 Å². The number of allylic oxidation sites excluding steroid dienone is 2. The first kappa shape index (κ1) is 45.8. The zero-order valence-electron chi connectivity index (χ0n) is 30.3. The molecule has 1 unspecified atom stereocenters. The van der Waals surface area contributed by atoms with Crippen LogP contribution in [0.3, 0.4) is 0 Å². The van der Waals surface area contributed by atoms with Crippen LogP contribution in [0.5, 0.6) is 0 Å². The molecule has 0 aromatic carbocycles. The molecule has 0 fully saturated rings. The van der Waals surface area contributed by atoms with E-state index in [9.17, 15) is 19.0 Å². The fourth-order valence-electron chi connectivity index (χ4n) is 5.28. The maximum absolute atomic E-state index is 12.5. The molecule has 0 spiro atoms. The van der Waals surface area contributed by atoms with Crippen LogP contribution in [0, 0.1) is 0 Å². The van der Waals surface area contributed by atoms with Crippen molar-refractivity contribution in [1.29, 1.82) is 0 Å². The Hall–Kier alpha value is -1.25. The van der Waals surface area contributed by atoms with Crippen molar-refractivity contribution in [3.63, 3.8) is 0 Å².